The largest absolute Gasteiger partial charge is 0.484 e. The van der Waals surface area contributed by atoms with Gasteiger partial charge < -0.3 is 19.3 Å². The van der Waals surface area contributed by atoms with Crippen molar-refractivity contribution in [3.05, 3.63) is 46.3 Å². The van der Waals surface area contributed by atoms with Gasteiger partial charge in [0.05, 0.1) is 17.3 Å². The Hall–Kier alpha value is -1.37. The monoisotopic (exact) mass is 340 g/mol. The molecule has 1 aromatic heterocycles. The number of nitrogens with one attached hydrogen (secondary N) is 1. The first kappa shape index (κ1) is 15.0. The molecule has 0 amide bonds. The van der Waals surface area contributed by atoms with Crippen molar-refractivity contribution in [1.82, 2.24) is 10.5 Å². The first-order chi connectivity index (χ1) is 9.81. The number of para-hydroxylation sites is 1. The highest BCUT2D eigenvalue weighted by atomic mass is 79.9. The van der Waals surface area contributed by atoms with E-state index in [1.54, 1.807) is 19.4 Å². The van der Waals surface area contributed by atoms with Crippen LogP contribution in [0.1, 0.15) is 11.3 Å². The Bertz CT molecular complexity index is 517. The third-order valence-corrected chi connectivity index (χ3v) is 3.32. The van der Waals surface area contributed by atoms with E-state index in [0.717, 1.165) is 22.3 Å². The molecule has 2 rings (SSSR count). The third-order valence-electron chi connectivity index (χ3n) is 2.70. The van der Waals surface area contributed by atoms with Crippen molar-refractivity contribution < 1.29 is 14.0 Å². The Labute approximate surface area is 126 Å². The van der Waals surface area contributed by atoms with Crippen LogP contribution in [0.4, 0.5) is 0 Å². The number of benzene rings is 1. The van der Waals surface area contributed by atoms with Gasteiger partial charge in [0.1, 0.15) is 12.4 Å². The fourth-order valence-corrected chi connectivity index (χ4v) is 2.23. The van der Waals surface area contributed by atoms with Crippen molar-refractivity contribution in [3.8, 4) is 5.75 Å². The van der Waals surface area contributed by atoms with Crippen molar-refractivity contribution in [1.29, 1.82) is 0 Å². The molecule has 0 atom stereocenters. The first-order valence-electron chi connectivity index (χ1n) is 6.30. The Morgan fingerprint density at radius 2 is 2.25 bits per heavy atom. The van der Waals surface area contributed by atoms with Crippen LogP contribution in [0.5, 0.6) is 5.75 Å². The highest BCUT2D eigenvalue weighted by Gasteiger charge is 2.09. The minimum Gasteiger partial charge on any atom is -0.484 e. The quantitative estimate of drug-likeness (QED) is 0.749. The second kappa shape index (κ2) is 8.04. The lowest BCUT2D eigenvalue weighted by molar-refractivity contribution is 0.198. The van der Waals surface area contributed by atoms with E-state index in [2.05, 4.69) is 26.4 Å². The predicted octanol–water partition coefficient (Wildman–Crippen LogP) is 2.75. The highest BCUT2D eigenvalue weighted by Crippen LogP contribution is 2.29. The maximum Gasteiger partial charge on any atom is 0.174 e. The van der Waals surface area contributed by atoms with Crippen LogP contribution in [0, 0.1) is 0 Å². The van der Waals surface area contributed by atoms with Crippen LogP contribution >= 0.6 is 15.9 Å². The Kier molecular flexibility index (Phi) is 6.04. The van der Waals surface area contributed by atoms with Crippen molar-refractivity contribution >= 4 is 15.9 Å². The molecular formula is C14H17BrN2O3. The summed E-state index contributed by atoms with van der Waals surface area (Å²) in [6, 6.07) is 7.75. The number of nitrogens with zero attached hydrogens (tertiary/aromatic N) is 1. The number of halogens is 1. The molecule has 0 radical (unpaired) electrons. The molecule has 2 aromatic rings. The molecule has 108 valence electrons. The molecule has 0 fully saturated rings. The van der Waals surface area contributed by atoms with E-state index >= 15 is 0 Å². The molecule has 0 aliphatic carbocycles. The summed E-state index contributed by atoms with van der Waals surface area (Å²) < 4.78 is 16.8. The summed E-state index contributed by atoms with van der Waals surface area (Å²) in [4.78, 5) is 0. The van der Waals surface area contributed by atoms with E-state index in [1.165, 1.54) is 0 Å². The Morgan fingerprint density at radius 3 is 3.00 bits per heavy atom. The molecule has 6 heteroatoms. The molecule has 0 aliphatic heterocycles. The number of ether oxygens (including phenoxy) is 2. The van der Waals surface area contributed by atoms with Crippen LogP contribution in [0.25, 0.3) is 0 Å². The van der Waals surface area contributed by atoms with E-state index in [1.807, 2.05) is 18.2 Å². The molecule has 0 bridgehead atoms. The van der Waals surface area contributed by atoms with Gasteiger partial charge in [0, 0.05) is 31.8 Å². The van der Waals surface area contributed by atoms with E-state index in [-0.39, 0.29) is 0 Å². The van der Waals surface area contributed by atoms with E-state index in [0.29, 0.717) is 25.5 Å². The Morgan fingerprint density at radius 1 is 1.35 bits per heavy atom. The maximum absolute atomic E-state index is 5.82. The normalized spacial score (nSPS) is 10.7. The molecule has 1 aromatic carbocycles. The number of rotatable bonds is 8. The fourth-order valence-electron chi connectivity index (χ4n) is 1.71. The third kappa shape index (κ3) is 4.33. The molecule has 0 saturated carbocycles. The van der Waals surface area contributed by atoms with E-state index in [4.69, 9.17) is 14.0 Å². The minimum absolute atomic E-state index is 0.355. The number of aromatic nitrogens is 1. The molecule has 0 unspecified atom stereocenters. The van der Waals surface area contributed by atoms with Crippen molar-refractivity contribution in [3.63, 3.8) is 0 Å². The van der Waals surface area contributed by atoms with Crippen LogP contribution in [0.15, 0.2) is 39.5 Å². The lowest BCUT2D eigenvalue weighted by atomic mass is 10.2. The molecule has 1 N–H and O–H groups in total. The number of methoxy groups -OCH3 is 1. The fraction of sp³-hybridized carbons (Fsp3) is 0.357. The molecule has 5 nitrogen and oxygen atoms in total. The highest BCUT2D eigenvalue weighted by molar-refractivity contribution is 9.10. The lowest BCUT2D eigenvalue weighted by Gasteiger charge is -2.13. The van der Waals surface area contributed by atoms with Crippen LogP contribution in [-0.2, 0) is 17.9 Å². The van der Waals surface area contributed by atoms with Gasteiger partial charge in [-0.25, -0.2) is 0 Å². The van der Waals surface area contributed by atoms with Gasteiger partial charge >= 0.3 is 0 Å². The van der Waals surface area contributed by atoms with Gasteiger partial charge in [-0.1, -0.05) is 17.3 Å². The van der Waals surface area contributed by atoms with Gasteiger partial charge in [0.25, 0.3) is 0 Å². The zero-order chi connectivity index (χ0) is 14.2. The predicted molar refractivity (Wildman–Crippen MR) is 78.6 cm³/mol. The lowest BCUT2D eigenvalue weighted by Crippen LogP contribution is -2.19. The average Bonchev–Trinajstić information content (AvgIpc) is 2.96. The molecule has 0 spiro atoms. The van der Waals surface area contributed by atoms with Gasteiger partial charge in [-0.15, -0.1) is 0 Å². The van der Waals surface area contributed by atoms with Crippen LogP contribution in [0.2, 0.25) is 0 Å². The summed E-state index contributed by atoms with van der Waals surface area (Å²) in [6.07, 6.45) is 1.60. The maximum atomic E-state index is 5.82. The zero-order valence-corrected chi connectivity index (χ0v) is 12.9. The summed E-state index contributed by atoms with van der Waals surface area (Å²) in [5.74, 6) is 1.51. The van der Waals surface area contributed by atoms with Crippen molar-refractivity contribution in [2.24, 2.45) is 0 Å². The van der Waals surface area contributed by atoms with Gasteiger partial charge in [0.15, 0.2) is 5.76 Å². The number of hydrogen-bond acceptors (Lipinski definition) is 5. The van der Waals surface area contributed by atoms with Crippen LogP contribution < -0.4 is 10.1 Å². The molecule has 20 heavy (non-hydrogen) atoms. The number of hydrogen-bond donors (Lipinski definition) is 1. The zero-order valence-electron chi connectivity index (χ0n) is 11.3. The summed E-state index contributed by atoms with van der Waals surface area (Å²) >= 11 is 3.51. The molecule has 1 heterocycles. The topological polar surface area (TPSA) is 56.5 Å². The SMILES string of the molecule is COCCNCc1cccc(Br)c1OCc1ccno1. The Balaban J connectivity index is 1.98. The molecule has 0 aliphatic rings. The second-order valence-corrected chi connectivity index (χ2v) is 5.02. The van der Waals surface area contributed by atoms with E-state index in [9.17, 15) is 0 Å². The van der Waals surface area contributed by atoms with Crippen LogP contribution in [0.3, 0.4) is 0 Å². The summed E-state index contributed by atoms with van der Waals surface area (Å²) in [7, 11) is 1.69. The van der Waals surface area contributed by atoms with Crippen LogP contribution in [-0.4, -0.2) is 25.4 Å². The second-order valence-electron chi connectivity index (χ2n) is 4.17. The summed E-state index contributed by atoms with van der Waals surface area (Å²) in [5, 5.41) is 6.96. The van der Waals surface area contributed by atoms with Gasteiger partial charge in [-0.2, -0.15) is 0 Å². The van der Waals surface area contributed by atoms with Gasteiger partial charge in [0.2, 0.25) is 0 Å². The molecule has 0 saturated heterocycles. The van der Waals surface area contributed by atoms with Gasteiger partial charge in [-0.3, -0.25) is 0 Å². The summed E-state index contributed by atoms with van der Waals surface area (Å²) in [5.41, 5.74) is 1.08. The van der Waals surface area contributed by atoms with Crippen molar-refractivity contribution in [2.45, 2.75) is 13.2 Å². The smallest absolute Gasteiger partial charge is 0.174 e. The van der Waals surface area contributed by atoms with E-state index < -0.39 is 0 Å². The molecular weight excluding hydrogens is 324 g/mol. The minimum atomic E-state index is 0.355. The van der Waals surface area contributed by atoms with Gasteiger partial charge in [-0.05, 0) is 22.0 Å². The average molecular weight is 341 g/mol. The standard InChI is InChI=1S/C14H17BrN2O3/c1-18-8-7-16-9-11-3-2-4-13(15)14(11)19-10-12-5-6-17-20-12/h2-6,16H,7-10H2,1H3. The summed E-state index contributed by atoms with van der Waals surface area (Å²) in [6.45, 7) is 2.55. The van der Waals surface area contributed by atoms with Crippen molar-refractivity contribution in [2.75, 3.05) is 20.3 Å². The first-order valence-corrected chi connectivity index (χ1v) is 7.10.